The van der Waals surface area contributed by atoms with Crippen LogP contribution in [0.2, 0.25) is 0 Å². The average Bonchev–Trinajstić information content (AvgIpc) is 2.93. The quantitative estimate of drug-likeness (QED) is 0.287. The zero-order chi connectivity index (χ0) is 27.4. The number of hydrogen-bond donors (Lipinski definition) is 3. The third kappa shape index (κ3) is 6.32. The van der Waals surface area contributed by atoms with Crippen LogP contribution in [0.15, 0.2) is 65.5 Å². The van der Waals surface area contributed by atoms with Gasteiger partial charge in [-0.1, -0.05) is 23.8 Å². The topological polar surface area (TPSA) is 87.6 Å². The molecule has 0 saturated carbocycles. The van der Waals surface area contributed by atoms with E-state index in [1.54, 1.807) is 13.2 Å². The fourth-order valence-electron chi connectivity index (χ4n) is 5.59. The van der Waals surface area contributed by atoms with Gasteiger partial charge in [-0.25, -0.2) is 0 Å². The number of amides is 1. The highest BCUT2D eigenvalue weighted by Crippen LogP contribution is 2.39. The van der Waals surface area contributed by atoms with Crippen molar-refractivity contribution in [3.63, 3.8) is 0 Å². The van der Waals surface area contributed by atoms with Crippen LogP contribution >= 0.6 is 12.2 Å². The molecule has 2 bridgehead atoms. The van der Waals surface area contributed by atoms with Crippen molar-refractivity contribution in [3.05, 3.63) is 87.8 Å². The van der Waals surface area contributed by atoms with Crippen LogP contribution in [-0.2, 0) is 11.3 Å². The summed E-state index contributed by atoms with van der Waals surface area (Å²) < 4.78 is 7.02. The average molecular weight is 546 g/mol. The minimum atomic E-state index is -0.137. The molecule has 204 valence electrons. The molecule has 5 rings (SSSR count). The second-order valence-corrected chi connectivity index (χ2v) is 10.8. The fraction of sp³-hybridized carbons (Fsp3) is 0.367. The number of benzene rings is 2. The number of carbonyl (C=O) groups is 1. The number of rotatable bonds is 8. The van der Waals surface area contributed by atoms with Gasteiger partial charge >= 0.3 is 0 Å². The van der Waals surface area contributed by atoms with Crippen molar-refractivity contribution < 1.29 is 9.53 Å². The summed E-state index contributed by atoms with van der Waals surface area (Å²) in [5, 5.41) is 10.0. The lowest BCUT2D eigenvalue weighted by Gasteiger charge is -2.44. The molecular weight excluding hydrogens is 510 g/mol. The van der Waals surface area contributed by atoms with E-state index in [2.05, 4.69) is 26.9 Å². The molecule has 0 radical (unpaired) electrons. The molecule has 2 atom stereocenters. The van der Waals surface area contributed by atoms with Crippen molar-refractivity contribution in [2.75, 3.05) is 48.9 Å². The minimum Gasteiger partial charge on any atom is -0.385 e. The predicted octanol–water partition coefficient (Wildman–Crippen LogP) is 4.36. The van der Waals surface area contributed by atoms with Crippen molar-refractivity contribution >= 4 is 40.3 Å². The van der Waals surface area contributed by atoms with Crippen molar-refractivity contribution in [1.82, 2.24) is 9.88 Å². The van der Waals surface area contributed by atoms with Crippen molar-refractivity contribution in [2.45, 2.75) is 32.2 Å². The number of thiocarbonyl (C=S) groups is 1. The molecule has 1 saturated heterocycles. The van der Waals surface area contributed by atoms with E-state index in [1.807, 2.05) is 60.0 Å². The number of nitrogens with zero attached hydrogens (tertiary/aromatic N) is 2. The largest absolute Gasteiger partial charge is 0.385 e. The van der Waals surface area contributed by atoms with Crippen LogP contribution in [0, 0.1) is 12.8 Å². The first-order valence-corrected chi connectivity index (χ1v) is 13.8. The highest BCUT2D eigenvalue weighted by Gasteiger charge is 2.35. The third-order valence-corrected chi connectivity index (χ3v) is 7.65. The van der Waals surface area contributed by atoms with Gasteiger partial charge in [0, 0.05) is 68.8 Å². The molecule has 1 amide bonds. The lowest BCUT2D eigenvalue weighted by molar-refractivity contribution is 0.0948. The van der Waals surface area contributed by atoms with E-state index in [1.165, 1.54) is 5.56 Å². The van der Waals surface area contributed by atoms with Gasteiger partial charge in [0.2, 0.25) is 0 Å². The number of piperidine rings is 1. The normalized spacial score (nSPS) is 17.7. The molecule has 2 aliphatic heterocycles. The Morgan fingerprint density at radius 1 is 1.05 bits per heavy atom. The SMILES string of the molecule is COCCCNC(=O)c1ccc(N2CC3CC(C2)c2cccc(=O)n2C3)c(NC(=S)Nc2ccc(C)cc2)c1. The Labute approximate surface area is 234 Å². The van der Waals surface area contributed by atoms with Gasteiger partial charge in [0.25, 0.3) is 11.5 Å². The molecule has 3 N–H and O–H groups in total. The third-order valence-electron chi connectivity index (χ3n) is 7.45. The van der Waals surface area contributed by atoms with Gasteiger partial charge in [0.1, 0.15) is 0 Å². The number of methoxy groups -OCH3 is 1. The molecule has 8 nitrogen and oxygen atoms in total. The first-order valence-electron chi connectivity index (χ1n) is 13.4. The van der Waals surface area contributed by atoms with Crippen molar-refractivity contribution in [2.24, 2.45) is 5.92 Å². The first-order chi connectivity index (χ1) is 18.9. The number of aryl methyl sites for hydroxylation is 1. The summed E-state index contributed by atoms with van der Waals surface area (Å²) in [6.45, 7) is 5.51. The zero-order valence-corrected chi connectivity index (χ0v) is 23.2. The van der Waals surface area contributed by atoms with Crippen LogP contribution in [0.1, 0.15) is 40.4 Å². The van der Waals surface area contributed by atoms with Gasteiger partial charge in [0.15, 0.2) is 5.11 Å². The molecule has 3 heterocycles. The van der Waals surface area contributed by atoms with Crippen LogP contribution in [0.5, 0.6) is 0 Å². The van der Waals surface area contributed by atoms with Crippen LogP contribution in [0.4, 0.5) is 17.1 Å². The first kappa shape index (κ1) is 26.9. The standard InChI is InChI=1S/C30H35N5O3S/c1-20-7-10-24(11-8-20)32-30(39)33-25-16-22(29(37)31-13-4-14-38-2)9-12-27(25)34-17-21-15-23(19-34)26-5-3-6-28(36)35(26)18-21/h3,5-12,16,21,23H,4,13-15,17-19H2,1-2H3,(H,31,37)(H2,32,33,39). The van der Waals surface area contributed by atoms with Crippen LogP contribution < -0.4 is 26.4 Å². The van der Waals surface area contributed by atoms with Gasteiger partial charge in [-0.3, -0.25) is 9.59 Å². The maximum atomic E-state index is 12.9. The predicted molar refractivity (Wildman–Crippen MR) is 160 cm³/mol. The molecule has 3 aromatic rings. The van der Waals surface area contributed by atoms with Gasteiger partial charge < -0.3 is 30.2 Å². The number of aromatic nitrogens is 1. The van der Waals surface area contributed by atoms with Gasteiger partial charge in [-0.05, 0) is 74.3 Å². The van der Waals surface area contributed by atoms with Crippen LogP contribution in [0.25, 0.3) is 0 Å². The molecule has 2 aromatic carbocycles. The maximum absolute atomic E-state index is 12.9. The summed E-state index contributed by atoms with van der Waals surface area (Å²) in [5.41, 5.74) is 5.56. The highest BCUT2D eigenvalue weighted by molar-refractivity contribution is 7.80. The number of carbonyl (C=O) groups excluding carboxylic acids is 1. The Kier molecular flexibility index (Phi) is 8.28. The summed E-state index contributed by atoms with van der Waals surface area (Å²) in [6.07, 6.45) is 1.81. The smallest absolute Gasteiger partial charge is 0.251 e. The maximum Gasteiger partial charge on any atom is 0.251 e. The summed E-state index contributed by atoms with van der Waals surface area (Å²) in [5.74, 6) is 0.494. The van der Waals surface area contributed by atoms with Gasteiger partial charge in [-0.15, -0.1) is 0 Å². The Morgan fingerprint density at radius 3 is 2.67 bits per heavy atom. The lowest BCUT2D eigenvalue weighted by atomic mass is 9.83. The van der Waals surface area contributed by atoms with Crippen molar-refractivity contribution in [1.29, 1.82) is 0 Å². The molecule has 0 spiro atoms. The highest BCUT2D eigenvalue weighted by atomic mass is 32.1. The minimum absolute atomic E-state index is 0.0754. The number of anilines is 3. The Balaban J connectivity index is 1.40. The van der Waals surface area contributed by atoms with E-state index in [9.17, 15) is 9.59 Å². The van der Waals surface area contributed by atoms with E-state index in [-0.39, 0.29) is 17.4 Å². The van der Waals surface area contributed by atoms with Gasteiger partial charge in [0.05, 0.1) is 11.4 Å². The molecule has 0 aliphatic carbocycles. The van der Waals surface area contributed by atoms with Crippen LogP contribution in [0.3, 0.4) is 0 Å². The summed E-state index contributed by atoms with van der Waals surface area (Å²) >= 11 is 5.67. The Bertz CT molecular complexity index is 1400. The molecule has 9 heteroatoms. The van der Waals surface area contributed by atoms with Crippen LogP contribution in [-0.4, -0.2) is 48.9 Å². The molecule has 39 heavy (non-hydrogen) atoms. The zero-order valence-electron chi connectivity index (χ0n) is 22.4. The summed E-state index contributed by atoms with van der Waals surface area (Å²) in [4.78, 5) is 27.7. The fourth-order valence-corrected chi connectivity index (χ4v) is 5.82. The number of hydrogen-bond acceptors (Lipinski definition) is 5. The Morgan fingerprint density at radius 2 is 1.87 bits per heavy atom. The summed E-state index contributed by atoms with van der Waals surface area (Å²) in [6, 6.07) is 19.3. The lowest BCUT2D eigenvalue weighted by Crippen LogP contribution is -2.47. The van der Waals surface area contributed by atoms with Crippen molar-refractivity contribution in [3.8, 4) is 0 Å². The molecular formula is C30H35N5O3S. The number of pyridine rings is 1. The van der Waals surface area contributed by atoms with E-state index in [4.69, 9.17) is 17.0 Å². The van der Waals surface area contributed by atoms with E-state index < -0.39 is 0 Å². The second-order valence-electron chi connectivity index (χ2n) is 10.4. The molecule has 2 aliphatic rings. The van der Waals surface area contributed by atoms with E-state index in [0.717, 1.165) is 55.2 Å². The summed E-state index contributed by atoms with van der Waals surface area (Å²) in [7, 11) is 1.65. The number of fused-ring (bicyclic) bond motifs is 4. The van der Waals surface area contributed by atoms with E-state index in [0.29, 0.717) is 29.7 Å². The second kappa shape index (κ2) is 12.0. The number of ether oxygens (including phenoxy) is 1. The Hall–Kier alpha value is -3.69. The molecule has 1 aromatic heterocycles. The van der Waals surface area contributed by atoms with E-state index >= 15 is 0 Å². The monoisotopic (exact) mass is 545 g/mol. The molecule has 1 fully saturated rings. The number of nitrogens with one attached hydrogen (secondary N) is 3. The van der Waals surface area contributed by atoms with Gasteiger partial charge in [-0.2, -0.15) is 0 Å². The molecule has 2 unspecified atom stereocenters.